The van der Waals surface area contributed by atoms with Crippen molar-refractivity contribution < 1.29 is 13.2 Å². The maximum atomic E-state index is 12.9. The summed E-state index contributed by atoms with van der Waals surface area (Å²) in [6.07, 6.45) is 3.57. The van der Waals surface area contributed by atoms with Crippen LogP contribution in [0.4, 0.5) is 5.69 Å². The second-order valence-electron chi connectivity index (χ2n) is 7.72. The van der Waals surface area contributed by atoms with E-state index in [1.807, 2.05) is 44.2 Å². The quantitative estimate of drug-likeness (QED) is 0.780. The van der Waals surface area contributed by atoms with Crippen LogP contribution in [-0.4, -0.2) is 26.7 Å². The maximum absolute atomic E-state index is 12.9. The van der Waals surface area contributed by atoms with E-state index in [2.05, 4.69) is 15.0 Å². The molecule has 0 fully saturated rings. The van der Waals surface area contributed by atoms with Gasteiger partial charge in [-0.15, -0.1) is 0 Å². The van der Waals surface area contributed by atoms with Gasteiger partial charge in [-0.2, -0.15) is 0 Å². The molecular weight excluding hydrogens is 386 g/mol. The summed E-state index contributed by atoms with van der Waals surface area (Å²) >= 11 is 0. The molecule has 6 nitrogen and oxygen atoms in total. The van der Waals surface area contributed by atoms with E-state index in [4.69, 9.17) is 0 Å². The van der Waals surface area contributed by atoms with Crippen LogP contribution in [-0.2, 0) is 20.2 Å². The molecule has 154 valence electrons. The number of nitrogens with zero attached hydrogens (tertiary/aromatic N) is 1. The van der Waals surface area contributed by atoms with Gasteiger partial charge in [0.2, 0.25) is 5.91 Å². The fourth-order valence-electron chi connectivity index (χ4n) is 3.19. The van der Waals surface area contributed by atoms with Crippen molar-refractivity contribution in [3.63, 3.8) is 0 Å². The number of anilines is 1. The van der Waals surface area contributed by atoms with E-state index in [0.29, 0.717) is 24.5 Å². The maximum Gasteiger partial charge on any atom is 0.262 e. The molecule has 0 saturated carbocycles. The Labute approximate surface area is 172 Å². The van der Waals surface area contributed by atoms with Crippen LogP contribution in [0.1, 0.15) is 45.1 Å². The number of carbonyl (C=O) groups is 1. The molecule has 0 unspecified atom stereocenters. The number of nitrogens with one attached hydrogen (secondary N) is 2. The standard InChI is InChI=1S/C22H27N3O3S/c1-22(2,17-10-5-3-6-11-17)21(26)24-18-12-9-13-19(16-18)29(27,28)25-20-14-7-4-8-15-23-20/h3,5-6,9-13,16H,4,7-8,14-15H2,1-2H3,(H,23,25)(H,24,26). The van der Waals surface area contributed by atoms with Gasteiger partial charge in [-0.1, -0.05) is 42.8 Å². The number of rotatable bonds is 5. The van der Waals surface area contributed by atoms with Crippen molar-refractivity contribution in [2.24, 2.45) is 4.99 Å². The lowest BCUT2D eigenvalue weighted by molar-refractivity contribution is -0.120. The molecule has 2 N–H and O–H groups in total. The van der Waals surface area contributed by atoms with Gasteiger partial charge in [-0.05, 0) is 50.5 Å². The zero-order valence-corrected chi connectivity index (χ0v) is 17.6. The molecule has 1 aliphatic heterocycles. The lowest BCUT2D eigenvalue weighted by atomic mass is 9.83. The van der Waals surface area contributed by atoms with Crippen molar-refractivity contribution in [2.75, 3.05) is 11.9 Å². The number of amides is 1. The van der Waals surface area contributed by atoms with Gasteiger partial charge in [-0.3, -0.25) is 14.5 Å². The molecule has 1 amide bonds. The lowest BCUT2D eigenvalue weighted by Gasteiger charge is -2.24. The second-order valence-corrected chi connectivity index (χ2v) is 9.40. The van der Waals surface area contributed by atoms with E-state index in [0.717, 1.165) is 24.8 Å². The SMILES string of the molecule is CC(C)(C(=O)Nc1cccc(S(=O)(=O)NC2=NCCCCC2)c1)c1ccccc1. The van der Waals surface area contributed by atoms with Gasteiger partial charge in [0.15, 0.2) is 0 Å². The van der Waals surface area contributed by atoms with Gasteiger partial charge in [0.05, 0.1) is 10.3 Å². The van der Waals surface area contributed by atoms with Crippen molar-refractivity contribution in [3.05, 3.63) is 60.2 Å². The van der Waals surface area contributed by atoms with Gasteiger partial charge in [0.25, 0.3) is 10.0 Å². The average Bonchev–Trinajstić information content (AvgIpc) is 2.97. The Morgan fingerprint density at radius 2 is 1.76 bits per heavy atom. The number of aliphatic imine (C=N–C) groups is 1. The Kier molecular flexibility index (Phi) is 6.37. The zero-order chi connectivity index (χ0) is 20.9. The smallest absolute Gasteiger partial charge is 0.262 e. The minimum Gasteiger partial charge on any atom is -0.325 e. The molecule has 0 radical (unpaired) electrons. The average molecular weight is 414 g/mol. The van der Waals surface area contributed by atoms with Gasteiger partial charge >= 0.3 is 0 Å². The summed E-state index contributed by atoms with van der Waals surface area (Å²) in [4.78, 5) is 17.3. The van der Waals surface area contributed by atoms with Crippen LogP contribution in [0.3, 0.4) is 0 Å². The van der Waals surface area contributed by atoms with E-state index >= 15 is 0 Å². The summed E-state index contributed by atoms with van der Waals surface area (Å²) < 4.78 is 28.1. The number of benzene rings is 2. The monoisotopic (exact) mass is 413 g/mol. The summed E-state index contributed by atoms with van der Waals surface area (Å²) in [5.74, 6) is 0.293. The van der Waals surface area contributed by atoms with Crippen LogP contribution in [0.15, 0.2) is 64.5 Å². The van der Waals surface area contributed by atoms with Crippen molar-refractivity contribution in [1.82, 2.24) is 4.72 Å². The first-order valence-electron chi connectivity index (χ1n) is 9.82. The molecule has 0 aliphatic carbocycles. The molecule has 3 rings (SSSR count). The third-order valence-corrected chi connectivity index (χ3v) is 6.47. The first-order chi connectivity index (χ1) is 13.8. The minimum atomic E-state index is -3.75. The number of hydrogen-bond acceptors (Lipinski definition) is 4. The highest BCUT2D eigenvalue weighted by atomic mass is 32.2. The van der Waals surface area contributed by atoms with Gasteiger partial charge < -0.3 is 5.32 Å². The largest absolute Gasteiger partial charge is 0.325 e. The van der Waals surface area contributed by atoms with Crippen molar-refractivity contribution >= 4 is 27.5 Å². The summed E-state index contributed by atoms with van der Waals surface area (Å²) in [5, 5.41) is 2.85. The third-order valence-electron chi connectivity index (χ3n) is 5.09. The Balaban J connectivity index is 1.77. The fourth-order valence-corrected chi connectivity index (χ4v) is 4.32. The van der Waals surface area contributed by atoms with Crippen LogP contribution < -0.4 is 10.0 Å². The normalized spacial score (nSPS) is 15.2. The van der Waals surface area contributed by atoms with Gasteiger partial charge in [-0.25, -0.2) is 8.42 Å². The molecule has 2 aromatic rings. The molecule has 0 spiro atoms. The highest BCUT2D eigenvalue weighted by molar-refractivity contribution is 7.90. The predicted molar refractivity (Wildman–Crippen MR) is 116 cm³/mol. The van der Waals surface area contributed by atoms with E-state index in [9.17, 15) is 13.2 Å². The topological polar surface area (TPSA) is 87.6 Å². The summed E-state index contributed by atoms with van der Waals surface area (Å²) in [6.45, 7) is 4.32. The highest BCUT2D eigenvalue weighted by Crippen LogP contribution is 2.25. The van der Waals surface area contributed by atoms with Crippen LogP contribution in [0, 0.1) is 0 Å². The molecule has 7 heteroatoms. The molecular formula is C22H27N3O3S. The summed E-state index contributed by atoms with van der Waals surface area (Å²) in [6, 6.07) is 15.8. The minimum absolute atomic E-state index is 0.0970. The lowest BCUT2D eigenvalue weighted by Crippen LogP contribution is -2.35. The molecule has 0 atom stereocenters. The number of hydrogen-bond donors (Lipinski definition) is 2. The molecule has 0 bridgehead atoms. The number of amidine groups is 1. The Bertz CT molecular complexity index is 999. The Hall–Kier alpha value is -2.67. The van der Waals surface area contributed by atoms with E-state index in [-0.39, 0.29) is 10.8 Å². The van der Waals surface area contributed by atoms with E-state index in [1.165, 1.54) is 12.1 Å². The van der Waals surface area contributed by atoms with Crippen molar-refractivity contribution in [1.29, 1.82) is 0 Å². The van der Waals surface area contributed by atoms with Crippen molar-refractivity contribution in [3.8, 4) is 0 Å². The first kappa shape index (κ1) is 21.0. The Morgan fingerprint density at radius 3 is 2.52 bits per heavy atom. The second kappa shape index (κ2) is 8.78. The zero-order valence-electron chi connectivity index (χ0n) is 16.8. The van der Waals surface area contributed by atoms with Crippen LogP contribution in [0.25, 0.3) is 0 Å². The van der Waals surface area contributed by atoms with E-state index < -0.39 is 15.4 Å². The summed E-state index contributed by atoms with van der Waals surface area (Å²) in [7, 11) is -3.75. The van der Waals surface area contributed by atoms with Gasteiger partial charge in [0.1, 0.15) is 5.84 Å². The van der Waals surface area contributed by atoms with Crippen LogP contribution >= 0.6 is 0 Å². The first-order valence-corrected chi connectivity index (χ1v) is 11.3. The van der Waals surface area contributed by atoms with Crippen LogP contribution in [0.5, 0.6) is 0 Å². The van der Waals surface area contributed by atoms with E-state index in [1.54, 1.807) is 12.1 Å². The predicted octanol–water partition coefficient (Wildman–Crippen LogP) is 3.85. The molecule has 29 heavy (non-hydrogen) atoms. The highest BCUT2D eigenvalue weighted by Gasteiger charge is 2.30. The van der Waals surface area contributed by atoms with Crippen LogP contribution in [0.2, 0.25) is 0 Å². The fraction of sp³-hybridized carbons (Fsp3) is 0.364. The Morgan fingerprint density at radius 1 is 1.00 bits per heavy atom. The molecule has 0 saturated heterocycles. The molecule has 0 aromatic heterocycles. The van der Waals surface area contributed by atoms with Crippen molar-refractivity contribution in [2.45, 2.75) is 49.8 Å². The molecule has 1 aliphatic rings. The number of sulfonamides is 1. The number of carbonyl (C=O) groups excluding carboxylic acids is 1. The molecule has 2 aromatic carbocycles. The molecule has 1 heterocycles. The van der Waals surface area contributed by atoms with Gasteiger partial charge in [0, 0.05) is 18.7 Å². The third kappa shape index (κ3) is 5.23. The summed E-state index contributed by atoms with van der Waals surface area (Å²) in [5.41, 5.74) is 0.558.